The average Bonchev–Trinajstić information content (AvgIpc) is 3.31. The van der Waals surface area contributed by atoms with Crippen molar-refractivity contribution in [2.75, 3.05) is 11.1 Å². The highest BCUT2D eigenvalue weighted by molar-refractivity contribution is 7.90. The van der Waals surface area contributed by atoms with Crippen LogP contribution in [0.2, 0.25) is 0 Å². The lowest BCUT2D eigenvalue weighted by molar-refractivity contribution is 0.114. The summed E-state index contributed by atoms with van der Waals surface area (Å²) < 4.78 is 36.6. The fraction of sp³-hybridized carbons (Fsp3) is 0.368. The molecule has 0 saturated heterocycles. The quantitative estimate of drug-likeness (QED) is 0.603. The minimum Gasteiger partial charge on any atom is -0.446 e. The van der Waals surface area contributed by atoms with E-state index in [2.05, 4.69) is 10.3 Å². The van der Waals surface area contributed by atoms with Gasteiger partial charge in [0, 0.05) is 0 Å². The number of carbonyl (C=O) groups is 1. The molecule has 0 atom stereocenters. The van der Waals surface area contributed by atoms with Crippen molar-refractivity contribution in [2.45, 2.75) is 49.2 Å². The molecule has 0 radical (unpaired) electrons. The van der Waals surface area contributed by atoms with Gasteiger partial charge in [-0.3, -0.25) is 5.32 Å². The number of nitrogen functional groups attached to an aromatic ring is 1. The predicted octanol–water partition coefficient (Wildman–Crippen LogP) is 1.35. The maximum atomic E-state index is 13.1. The molecule has 2 aromatic rings. The third kappa shape index (κ3) is 4.42. The predicted molar refractivity (Wildman–Crippen MR) is 111 cm³/mol. The Kier molecular flexibility index (Phi) is 5.67. The van der Waals surface area contributed by atoms with Crippen LogP contribution in [0.3, 0.4) is 0 Å². The van der Waals surface area contributed by atoms with Crippen molar-refractivity contribution in [3.8, 4) is 0 Å². The van der Waals surface area contributed by atoms with Crippen molar-refractivity contribution in [1.29, 1.82) is 0 Å². The van der Waals surface area contributed by atoms with Crippen LogP contribution in [0.5, 0.6) is 0 Å². The third-order valence-corrected chi connectivity index (χ3v) is 6.84. The van der Waals surface area contributed by atoms with Gasteiger partial charge in [0.25, 0.3) is 0 Å². The molecule has 1 aliphatic heterocycles. The van der Waals surface area contributed by atoms with Crippen LogP contribution in [0.15, 0.2) is 35.5 Å². The number of nitrogens with zero attached hydrogens (tertiary/aromatic N) is 1. The Hall–Kier alpha value is -2.63. The Morgan fingerprint density at radius 1 is 1.33 bits per heavy atom. The molecular formula is C19H22BN3O6S. The molecule has 1 saturated carbocycles. The Morgan fingerprint density at radius 3 is 2.87 bits per heavy atom. The monoisotopic (exact) mass is 431 g/mol. The molecule has 1 amide bonds. The highest BCUT2D eigenvalue weighted by atomic mass is 32.2. The molecule has 4 rings (SSSR count). The topological polar surface area (TPSA) is 141 Å². The SMILES string of the molecule is Nc1cnc(S(=O)(=O)Cc2ccc3c(c2)B(O)OC3)c(NC(=O)OC2CCCC2)c1. The van der Waals surface area contributed by atoms with Crippen LogP contribution in [0.4, 0.5) is 16.2 Å². The molecule has 1 aromatic heterocycles. The fourth-order valence-electron chi connectivity index (χ4n) is 3.74. The number of nitrogens with one attached hydrogen (secondary N) is 1. The lowest BCUT2D eigenvalue weighted by atomic mass is 9.79. The zero-order chi connectivity index (χ0) is 21.3. The number of anilines is 2. The van der Waals surface area contributed by atoms with Gasteiger partial charge in [0.2, 0.25) is 9.84 Å². The molecule has 0 spiro atoms. The van der Waals surface area contributed by atoms with Gasteiger partial charge in [-0.15, -0.1) is 0 Å². The van der Waals surface area contributed by atoms with Crippen LogP contribution in [0.25, 0.3) is 0 Å². The lowest BCUT2D eigenvalue weighted by Crippen LogP contribution is -2.28. The minimum atomic E-state index is -3.93. The van der Waals surface area contributed by atoms with Crippen molar-refractivity contribution in [3.05, 3.63) is 41.6 Å². The summed E-state index contributed by atoms with van der Waals surface area (Å²) in [6.07, 6.45) is 3.91. The number of fused-ring (bicyclic) bond motifs is 1. The first-order valence-electron chi connectivity index (χ1n) is 9.69. The third-order valence-electron chi connectivity index (χ3n) is 5.21. The Labute approximate surface area is 174 Å². The van der Waals surface area contributed by atoms with E-state index in [1.807, 2.05) is 0 Å². The van der Waals surface area contributed by atoms with Crippen LogP contribution < -0.4 is 16.5 Å². The number of sulfone groups is 1. The van der Waals surface area contributed by atoms with Crippen LogP contribution in [0.1, 0.15) is 36.8 Å². The van der Waals surface area contributed by atoms with Crippen molar-refractivity contribution >= 4 is 39.9 Å². The lowest BCUT2D eigenvalue weighted by Gasteiger charge is -2.15. The smallest absolute Gasteiger partial charge is 0.446 e. The number of hydrogen-bond donors (Lipinski definition) is 3. The second kappa shape index (κ2) is 8.25. The number of amides is 1. The molecule has 1 aromatic carbocycles. The molecule has 4 N–H and O–H groups in total. The average molecular weight is 431 g/mol. The first-order valence-corrected chi connectivity index (χ1v) is 11.3. The number of benzene rings is 1. The van der Waals surface area contributed by atoms with Crippen LogP contribution in [0, 0.1) is 0 Å². The van der Waals surface area contributed by atoms with Crippen molar-refractivity contribution in [1.82, 2.24) is 4.98 Å². The standard InChI is InChI=1S/C19H22BN3O6S/c21-14-8-17(23-19(24)29-15-3-1-2-4-15)18(22-9-14)30(26,27)11-12-5-6-13-10-28-20(25)16(13)7-12/h5-9,15,25H,1-4,10-11,21H2,(H,23,24). The number of hydrogen-bond acceptors (Lipinski definition) is 8. The van der Waals surface area contributed by atoms with Crippen LogP contribution in [-0.2, 0) is 31.6 Å². The van der Waals surface area contributed by atoms with E-state index in [1.165, 1.54) is 12.3 Å². The van der Waals surface area contributed by atoms with E-state index in [9.17, 15) is 18.2 Å². The van der Waals surface area contributed by atoms with E-state index in [0.717, 1.165) is 31.2 Å². The molecule has 0 unspecified atom stereocenters. The summed E-state index contributed by atoms with van der Waals surface area (Å²) in [5, 5.41) is 12.0. The van der Waals surface area contributed by atoms with Gasteiger partial charge >= 0.3 is 13.2 Å². The zero-order valence-electron chi connectivity index (χ0n) is 16.2. The normalized spacial score (nSPS) is 16.5. The summed E-state index contributed by atoms with van der Waals surface area (Å²) in [4.78, 5) is 16.2. The summed E-state index contributed by atoms with van der Waals surface area (Å²) in [5.74, 6) is -0.365. The van der Waals surface area contributed by atoms with E-state index >= 15 is 0 Å². The molecule has 11 heteroatoms. The summed E-state index contributed by atoms with van der Waals surface area (Å²) >= 11 is 0. The van der Waals surface area contributed by atoms with E-state index in [-0.39, 0.29) is 34.9 Å². The maximum Gasteiger partial charge on any atom is 0.491 e. The van der Waals surface area contributed by atoms with Gasteiger partial charge in [-0.25, -0.2) is 18.2 Å². The molecule has 1 fully saturated rings. The minimum absolute atomic E-state index is 0.0254. The summed E-state index contributed by atoms with van der Waals surface area (Å²) in [5.41, 5.74) is 7.76. The Balaban J connectivity index is 1.56. The number of rotatable bonds is 5. The molecule has 30 heavy (non-hydrogen) atoms. The van der Waals surface area contributed by atoms with Crippen molar-refractivity contribution in [2.24, 2.45) is 0 Å². The van der Waals surface area contributed by atoms with Gasteiger partial charge in [0.15, 0.2) is 5.03 Å². The number of aromatic nitrogens is 1. The number of carbonyl (C=O) groups excluding carboxylic acids is 1. The summed E-state index contributed by atoms with van der Waals surface area (Å²) in [6, 6.07) is 6.33. The highest BCUT2D eigenvalue weighted by Gasteiger charge is 2.29. The van der Waals surface area contributed by atoms with E-state index in [4.69, 9.17) is 15.1 Å². The Bertz CT molecular complexity index is 1070. The highest BCUT2D eigenvalue weighted by Crippen LogP contribution is 2.26. The molecule has 2 aliphatic rings. The van der Waals surface area contributed by atoms with Gasteiger partial charge < -0.3 is 20.1 Å². The van der Waals surface area contributed by atoms with Crippen molar-refractivity contribution < 1.29 is 27.6 Å². The number of pyridine rings is 1. The summed E-state index contributed by atoms with van der Waals surface area (Å²) in [6.45, 7) is 0.278. The van der Waals surface area contributed by atoms with Gasteiger partial charge in [-0.2, -0.15) is 0 Å². The largest absolute Gasteiger partial charge is 0.491 e. The number of nitrogens with two attached hydrogens (primary N) is 1. The van der Waals surface area contributed by atoms with E-state index in [1.54, 1.807) is 18.2 Å². The fourth-order valence-corrected chi connectivity index (χ4v) is 5.16. The second-order valence-corrected chi connectivity index (χ2v) is 9.42. The first-order chi connectivity index (χ1) is 14.3. The van der Waals surface area contributed by atoms with E-state index in [0.29, 0.717) is 11.0 Å². The van der Waals surface area contributed by atoms with Gasteiger partial charge in [-0.1, -0.05) is 18.2 Å². The van der Waals surface area contributed by atoms with Crippen molar-refractivity contribution in [3.63, 3.8) is 0 Å². The Morgan fingerprint density at radius 2 is 2.10 bits per heavy atom. The maximum absolute atomic E-state index is 13.1. The number of ether oxygens (including phenoxy) is 1. The molecular weight excluding hydrogens is 409 g/mol. The molecule has 0 bridgehead atoms. The second-order valence-electron chi connectivity index (χ2n) is 7.51. The molecule has 2 heterocycles. The zero-order valence-corrected chi connectivity index (χ0v) is 17.0. The molecule has 1 aliphatic carbocycles. The van der Waals surface area contributed by atoms with Gasteiger partial charge in [0.05, 0.1) is 29.9 Å². The van der Waals surface area contributed by atoms with Crippen LogP contribution in [-0.4, -0.2) is 37.7 Å². The summed E-state index contributed by atoms with van der Waals surface area (Å²) in [7, 11) is -5.00. The van der Waals surface area contributed by atoms with Gasteiger partial charge in [-0.05, 0) is 48.3 Å². The molecule has 9 nitrogen and oxygen atoms in total. The first kappa shape index (κ1) is 20.6. The van der Waals surface area contributed by atoms with E-state index < -0.39 is 23.0 Å². The van der Waals surface area contributed by atoms with Gasteiger partial charge in [0.1, 0.15) is 6.10 Å². The molecule has 158 valence electrons. The van der Waals surface area contributed by atoms with Crippen LogP contribution >= 0.6 is 0 Å².